The molecule has 1 N–H and O–H groups in total. The first-order valence-electron chi connectivity index (χ1n) is 10.4. The van der Waals surface area contributed by atoms with Crippen LogP contribution < -0.4 is 10.1 Å². The van der Waals surface area contributed by atoms with Crippen LogP contribution in [-0.2, 0) is 0 Å². The number of nitrogens with zero attached hydrogens (tertiary/aromatic N) is 3. The van der Waals surface area contributed by atoms with E-state index in [1.807, 2.05) is 26.8 Å². The van der Waals surface area contributed by atoms with Crippen molar-refractivity contribution in [3.8, 4) is 11.8 Å². The molecule has 6 heteroatoms. The maximum Gasteiger partial charge on any atom is 0.272 e. The number of amides is 1. The van der Waals surface area contributed by atoms with Gasteiger partial charge < -0.3 is 10.1 Å². The van der Waals surface area contributed by atoms with Crippen LogP contribution in [0.2, 0.25) is 0 Å². The molecule has 0 radical (unpaired) electrons. The number of ether oxygens (including phenoxy) is 1. The highest BCUT2D eigenvalue weighted by Crippen LogP contribution is 2.55. The van der Waals surface area contributed by atoms with Crippen molar-refractivity contribution in [2.45, 2.75) is 60.6 Å². The number of rotatable bonds is 5. The molecule has 1 amide bonds. The predicted octanol–water partition coefficient (Wildman–Crippen LogP) is 4.61. The Morgan fingerprint density at radius 1 is 1.06 bits per heavy atom. The van der Waals surface area contributed by atoms with Crippen molar-refractivity contribution in [2.24, 2.45) is 10.8 Å². The lowest BCUT2D eigenvalue weighted by Gasteiger charge is -2.63. The van der Waals surface area contributed by atoms with Crippen molar-refractivity contribution in [1.29, 1.82) is 5.26 Å². The van der Waals surface area contributed by atoms with Crippen molar-refractivity contribution < 1.29 is 9.53 Å². The Balaban J connectivity index is 1.78. The van der Waals surface area contributed by atoms with Gasteiger partial charge >= 0.3 is 0 Å². The van der Waals surface area contributed by atoms with Gasteiger partial charge in [-0.15, -0.1) is 5.10 Å². The normalized spacial score (nSPS) is 20.8. The lowest BCUT2D eigenvalue weighted by Crippen LogP contribution is -2.74. The fraction of sp³-hybridized carbons (Fsp3) is 0.440. The second kappa shape index (κ2) is 7.81. The number of nitrogens with one attached hydrogen (secondary N) is 1. The van der Waals surface area contributed by atoms with Gasteiger partial charge in [-0.05, 0) is 61.7 Å². The molecule has 1 aliphatic carbocycles. The first kappa shape index (κ1) is 22.5. The number of benzene rings is 1. The smallest absolute Gasteiger partial charge is 0.272 e. The third-order valence-corrected chi connectivity index (χ3v) is 6.55. The van der Waals surface area contributed by atoms with Crippen molar-refractivity contribution in [2.75, 3.05) is 0 Å². The number of hydrogen-bond acceptors (Lipinski definition) is 5. The molecule has 1 aromatic heterocycles. The molecule has 0 aliphatic heterocycles. The van der Waals surface area contributed by atoms with Gasteiger partial charge in [0.25, 0.3) is 5.91 Å². The number of carbonyl (C=O) groups excluding carboxylic acids is 1. The van der Waals surface area contributed by atoms with Gasteiger partial charge in [0.1, 0.15) is 11.9 Å². The summed E-state index contributed by atoms with van der Waals surface area (Å²) in [4.78, 5) is 12.8. The molecule has 1 aromatic carbocycles. The van der Waals surface area contributed by atoms with E-state index in [9.17, 15) is 10.1 Å². The van der Waals surface area contributed by atoms with Crippen molar-refractivity contribution in [3.63, 3.8) is 0 Å². The summed E-state index contributed by atoms with van der Waals surface area (Å²) in [5.74, 6) is 0.518. The Bertz CT molecular complexity index is 1060. The van der Waals surface area contributed by atoms with Gasteiger partial charge in [-0.3, -0.25) is 4.79 Å². The van der Waals surface area contributed by atoms with E-state index in [1.54, 1.807) is 18.2 Å². The van der Waals surface area contributed by atoms with Crippen molar-refractivity contribution in [3.05, 3.63) is 58.9 Å². The molecule has 0 atom stereocenters. The highest BCUT2D eigenvalue weighted by atomic mass is 16.5. The monoisotopic (exact) mass is 418 g/mol. The summed E-state index contributed by atoms with van der Waals surface area (Å²) in [6.45, 7) is 18.0. The lowest BCUT2D eigenvalue weighted by atomic mass is 9.49. The summed E-state index contributed by atoms with van der Waals surface area (Å²) in [5.41, 5.74) is 3.68. The van der Waals surface area contributed by atoms with Crippen LogP contribution in [-0.4, -0.2) is 28.3 Å². The molecule has 1 saturated carbocycles. The first-order valence-corrected chi connectivity index (χ1v) is 10.4. The van der Waals surface area contributed by atoms with E-state index in [1.165, 1.54) is 0 Å². The van der Waals surface area contributed by atoms with E-state index in [-0.39, 0.29) is 34.6 Å². The van der Waals surface area contributed by atoms with Crippen LogP contribution in [0.1, 0.15) is 67.5 Å². The Morgan fingerprint density at radius 3 is 2.16 bits per heavy atom. The summed E-state index contributed by atoms with van der Waals surface area (Å²) in [6, 6.07) is 9.18. The molecule has 0 saturated heterocycles. The zero-order valence-corrected chi connectivity index (χ0v) is 19.3. The zero-order chi connectivity index (χ0) is 23.1. The molecule has 0 bridgehead atoms. The average Bonchev–Trinajstić information content (AvgIpc) is 2.72. The fourth-order valence-electron chi connectivity index (χ4n) is 4.86. The summed E-state index contributed by atoms with van der Waals surface area (Å²) in [7, 11) is 0. The molecule has 2 aromatic rings. The van der Waals surface area contributed by atoms with Gasteiger partial charge in [-0.2, -0.15) is 10.4 Å². The summed E-state index contributed by atoms with van der Waals surface area (Å²) >= 11 is 0. The number of nitriles is 1. The lowest BCUT2D eigenvalue weighted by molar-refractivity contribution is -0.164. The summed E-state index contributed by atoms with van der Waals surface area (Å²) in [5, 5.41) is 20.5. The number of carbonyl (C=O) groups is 1. The molecular weight excluding hydrogens is 388 g/mol. The second-order valence-electron chi connectivity index (χ2n) is 9.60. The van der Waals surface area contributed by atoms with Gasteiger partial charge in [0.05, 0.1) is 17.3 Å². The standard InChI is InChI=1S/C25H30N4O2/c1-14(2)18-10-11-19(29-28-18)21(30)27-22-24(5,6)23(25(22,7)8)31-20-12-9-17(13-26)15(3)16(20)4/h9-12,22-23H,1H2,2-8H3,(H,27,30). The molecule has 3 rings (SSSR count). The van der Waals surface area contributed by atoms with Crippen molar-refractivity contribution >= 4 is 11.5 Å². The Labute approximate surface area is 184 Å². The largest absolute Gasteiger partial charge is 0.489 e. The Morgan fingerprint density at radius 2 is 1.65 bits per heavy atom. The predicted molar refractivity (Wildman–Crippen MR) is 121 cm³/mol. The highest BCUT2D eigenvalue weighted by Gasteiger charge is 2.64. The Hall–Kier alpha value is -3.20. The second-order valence-corrected chi connectivity index (χ2v) is 9.60. The summed E-state index contributed by atoms with van der Waals surface area (Å²) < 4.78 is 6.45. The van der Waals surface area contributed by atoms with Gasteiger partial charge in [0.15, 0.2) is 5.69 Å². The molecule has 1 fully saturated rings. The maximum atomic E-state index is 12.8. The quantitative estimate of drug-likeness (QED) is 0.766. The van der Waals surface area contributed by atoms with Crippen LogP contribution in [0.5, 0.6) is 5.75 Å². The SMILES string of the molecule is C=C(C)c1ccc(C(=O)NC2C(C)(C)C(Oc3ccc(C#N)c(C)c3C)C2(C)C)nn1. The average molecular weight is 419 g/mol. The molecule has 31 heavy (non-hydrogen) atoms. The maximum absolute atomic E-state index is 12.8. The van der Waals surface area contributed by atoms with E-state index < -0.39 is 0 Å². The molecule has 1 aliphatic rings. The topological polar surface area (TPSA) is 87.9 Å². The molecule has 6 nitrogen and oxygen atoms in total. The van der Waals surface area contributed by atoms with E-state index in [0.29, 0.717) is 11.3 Å². The minimum atomic E-state index is -0.307. The van der Waals surface area contributed by atoms with E-state index in [2.05, 4.69) is 55.9 Å². The van der Waals surface area contributed by atoms with Crippen LogP contribution in [0, 0.1) is 36.0 Å². The fourth-order valence-corrected chi connectivity index (χ4v) is 4.86. The summed E-state index contributed by atoms with van der Waals surface area (Å²) in [6.07, 6.45) is -0.117. The zero-order valence-electron chi connectivity index (χ0n) is 19.3. The molecule has 162 valence electrons. The van der Waals surface area contributed by atoms with Crippen LogP contribution in [0.3, 0.4) is 0 Å². The van der Waals surface area contributed by atoms with Crippen LogP contribution >= 0.6 is 0 Å². The number of allylic oxidation sites excluding steroid dienone is 1. The van der Waals surface area contributed by atoms with E-state index in [0.717, 1.165) is 22.4 Å². The Kier molecular flexibility index (Phi) is 5.66. The third-order valence-electron chi connectivity index (χ3n) is 6.55. The van der Waals surface area contributed by atoms with Crippen LogP contribution in [0.4, 0.5) is 0 Å². The van der Waals surface area contributed by atoms with Gasteiger partial charge in [-0.1, -0.05) is 34.3 Å². The minimum absolute atomic E-state index is 0.111. The molecule has 1 heterocycles. The van der Waals surface area contributed by atoms with Gasteiger partial charge in [0, 0.05) is 16.9 Å². The van der Waals surface area contributed by atoms with Crippen LogP contribution in [0.25, 0.3) is 5.57 Å². The highest BCUT2D eigenvalue weighted by molar-refractivity contribution is 5.92. The van der Waals surface area contributed by atoms with Gasteiger partial charge in [0.2, 0.25) is 0 Å². The van der Waals surface area contributed by atoms with Gasteiger partial charge in [-0.25, -0.2) is 0 Å². The van der Waals surface area contributed by atoms with Crippen molar-refractivity contribution in [1.82, 2.24) is 15.5 Å². The molecule has 0 unspecified atom stereocenters. The van der Waals surface area contributed by atoms with E-state index >= 15 is 0 Å². The first-order chi connectivity index (χ1) is 14.4. The van der Waals surface area contributed by atoms with Crippen LogP contribution in [0.15, 0.2) is 30.8 Å². The number of aromatic nitrogens is 2. The minimum Gasteiger partial charge on any atom is -0.489 e. The van der Waals surface area contributed by atoms with E-state index in [4.69, 9.17) is 4.74 Å². The molecule has 0 spiro atoms. The number of hydrogen-bond donors (Lipinski definition) is 1. The third kappa shape index (κ3) is 3.81. The molecular formula is C25H30N4O2.